The van der Waals surface area contributed by atoms with Crippen molar-refractivity contribution in [2.45, 2.75) is 53.3 Å². The van der Waals surface area contributed by atoms with Gasteiger partial charge in [-0.3, -0.25) is 0 Å². The van der Waals surface area contributed by atoms with Gasteiger partial charge in [-0.1, -0.05) is 13.8 Å². The van der Waals surface area contributed by atoms with Crippen molar-refractivity contribution in [1.29, 1.82) is 0 Å². The van der Waals surface area contributed by atoms with E-state index < -0.39 is 0 Å². The van der Waals surface area contributed by atoms with E-state index in [1.807, 2.05) is 6.07 Å². The van der Waals surface area contributed by atoms with E-state index in [0.717, 1.165) is 24.5 Å². The lowest BCUT2D eigenvalue weighted by Gasteiger charge is -2.20. The third-order valence-electron chi connectivity index (χ3n) is 2.70. The van der Waals surface area contributed by atoms with Crippen LogP contribution in [-0.2, 0) is 22.6 Å². The average molecular weight is 283 g/mol. The maximum atomic E-state index is 5.62. The molecule has 0 unspecified atom stereocenters. The molecule has 1 N–H and O–H groups in total. The van der Waals surface area contributed by atoms with E-state index in [1.54, 1.807) is 6.26 Å². The van der Waals surface area contributed by atoms with E-state index >= 15 is 0 Å². The number of hydrogen-bond acceptors (Lipinski definition) is 4. The Labute approximate surface area is 122 Å². The number of rotatable bonds is 9. The molecule has 4 heteroatoms. The molecular weight excluding hydrogens is 254 g/mol. The molecule has 1 aromatic rings. The van der Waals surface area contributed by atoms with Gasteiger partial charge in [-0.2, -0.15) is 0 Å². The first kappa shape index (κ1) is 17.2. The Morgan fingerprint density at radius 3 is 2.55 bits per heavy atom. The van der Waals surface area contributed by atoms with Crippen LogP contribution < -0.4 is 5.32 Å². The molecule has 0 aliphatic rings. The van der Waals surface area contributed by atoms with Gasteiger partial charge in [0.25, 0.3) is 0 Å². The van der Waals surface area contributed by atoms with Crippen molar-refractivity contribution in [3.8, 4) is 0 Å². The molecule has 0 bridgehead atoms. The van der Waals surface area contributed by atoms with Crippen molar-refractivity contribution >= 4 is 0 Å². The van der Waals surface area contributed by atoms with Gasteiger partial charge < -0.3 is 19.2 Å². The first-order valence-corrected chi connectivity index (χ1v) is 7.34. The Kier molecular flexibility index (Phi) is 7.27. The summed E-state index contributed by atoms with van der Waals surface area (Å²) in [5.74, 6) is 1.52. The first-order chi connectivity index (χ1) is 9.38. The van der Waals surface area contributed by atoms with Crippen LogP contribution in [0.3, 0.4) is 0 Å². The van der Waals surface area contributed by atoms with Crippen molar-refractivity contribution < 1.29 is 13.9 Å². The first-order valence-electron chi connectivity index (χ1n) is 7.34. The molecule has 1 aromatic heterocycles. The van der Waals surface area contributed by atoms with Gasteiger partial charge in [-0.25, -0.2) is 0 Å². The Morgan fingerprint density at radius 2 is 1.90 bits per heavy atom. The van der Waals surface area contributed by atoms with Crippen molar-refractivity contribution in [3.63, 3.8) is 0 Å². The zero-order valence-corrected chi connectivity index (χ0v) is 13.5. The summed E-state index contributed by atoms with van der Waals surface area (Å²) in [5, 5.41) is 3.41. The van der Waals surface area contributed by atoms with E-state index in [9.17, 15) is 0 Å². The van der Waals surface area contributed by atoms with Gasteiger partial charge in [0.2, 0.25) is 0 Å². The fraction of sp³-hybridized carbons (Fsp3) is 0.750. The molecule has 1 heterocycles. The lowest BCUT2D eigenvalue weighted by Crippen LogP contribution is -2.35. The quantitative estimate of drug-likeness (QED) is 0.706. The van der Waals surface area contributed by atoms with Gasteiger partial charge in [0.1, 0.15) is 5.76 Å². The maximum Gasteiger partial charge on any atom is 0.123 e. The molecule has 0 saturated heterocycles. The van der Waals surface area contributed by atoms with E-state index in [4.69, 9.17) is 13.9 Å². The third kappa shape index (κ3) is 7.68. The molecule has 0 aliphatic carbocycles. The minimum absolute atomic E-state index is 0.0790. The fourth-order valence-corrected chi connectivity index (χ4v) is 1.62. The summed E-state index contributed by atoms with van der Waals surface area (Å²) >= 11 is 0. The second kappa shape index (κ2) is 8.45. The normalized spacial score (nSPS) is 12.3. The second-order valence-electron chi connectivity index (χ2n) is 6.49. The Hall–Kier alpha value is -0.840. The summed E-state index contributed by atoms with van der Waals surface area (Å²) in [5.41, 5.74) is 1.18. The van der Waals surface area contributed by atoms with Gasteiger partial charge in [-0.15, -0.1) is 0 Å². The highest BCUT2D eigenvalue weighted by molar-refractivity contribution is 5.16. The van der Waals surface area contributed by atoms with E-state index in [1.165, 1.54) is 0 Å². The molecule has 20 heavy (non-hydrogen) atoms. The molecule has 116 valence electrons. The molecule has 0 fully saturated rings. The van der Waals surface area contributed by atoms with Crippen LogP contribution in [-0.4, -0.2) is 25.4 Å². The van der Waals surface area contributed by atoms with Gasteiger partial charge >= 0.3 is 0 Å². The standard InChI is InChI=1S/C16H29NO3/c1-13(2)11-18-8-9-19-12-14-6-7-20-15(14)10-17-16(3,4)5/h6-7,13,17H,8-12H2,1-5H3. The molecule has 0 aliphatic heterocycles. The van der Waals surface area contributed by atoms with Crippen molar-refractivity contribution in [2.24, 2.45) is 5.92 Å². The minimum atomic E-state index is 0.0790. The third-order valence-corrected chi connectivity index (χ3v) is 2.70. The predicted octanol–water partition coefficient (Wildman–Crippen LogP) is 3.36. The Bertz CT molecular complexity index is 366. The van der Waals surface area contributed by atoms with Crippen molar-refractivity contribution in [3.05, 3.63) is 23.7 Å². The van der Waals surface area contributed by atoms with E-state index in [0.29, 0.717) is 25.7 Å². The predicted molar refractivity (Wildman–Crippen MR) is 80.6 cm³/mol. The summed E-state index contributed by atoms with van der Waals surface area (Å²) in [6.07, 6.45) is 1.72. The van der Waals surface area contributed by atoms with E-state index in [-0.39, 0.29) is 5.54 Å². The molecule has 0 spiro atoms. The van der Waals surface area contributed by atoms with Gasteiger partial charge in [-0.05, 0) is 32.8 Å². The van der Waals surface area contributed by atoms with Crippen LogP contribution in [0.2, 0.25) is 0 Å². The van der Waals surface area contributed by atoms with Gasteiger partial charge in [0.15, 0.2) is 0 Å². The van der Waals surface area contributed by atoms with Crippen LogP contribution >= 0.6 is 0 Å². The van der Waals surface area contributed by atoms with Gasteiger partial charge in [0, 0.05) is 17.7 Å². The Balaban J connectivity index is 2.22. The van der Waals surface area contributed by atoms with Crippen LogP contribution in [0.15, 0.2) is 16.7 Å². The fourth-order valence-electron chi connectivity index (χ4n) is 1.62. The SMILES string of the molecule is CC(C)COCCOCc1ccoc1CNC(C)(C)C. The van der Waals surface area contributed by atoms with Crippen molar-refractivity contribution in [2.75, 3.05) is 19.8 Å². The minimum Gasteiger partial charge on any atom is -0.468 e. The van der Waals surface area contributed by atoms with Crippen LogP contribution in [0.1, 0.15) is 45.9 Å². The average Bonchev–Trinajstić information content (AvgIpc) is 2.77. The topological polar surface area (TPSA) is 43.6 Å². The van der Waals surface area contributed by atoms with Crippen molar-refractivity contribution in [1.82, 2.24) is 5.32 Å². The molecule has 0 amide bonds. The molecular formula is C16H29NO3. The second-order valence-corrected chi connectivity index (χ2v) is 6.49. The highest BCUT2D eigenvalue weighted by atomic mass is 16.5. The van der Waals surface area contributed by atoms with Crippen LogP contribution in [0.25, 0.3) is 0 Å². The Morgan fingerprint density at radius 1 is 1.20 bits per heavy atom. The summed E-state index contributed by atoms with van der Waals surface area (Å²) in [6, 6.07) is 1.97. The van der Waals surface area contributed by atoms with Crippen LogP contribution in [0.5, 0.6) is 0 Å². The summed E-state index contributed by atoms with van der Waals surface area (Å²) in [4.78, 5) is 0. The zero-order valence-electron chi connectivity index (χ0n) is 13.5. The molecule has 0 aromatic carbocycles. The van der Waals surface area contributed by atoms with E-state index in [2.05, 4.69) is 39.9 Å². The lowest BCUT2D eigenvalue weighted by atomic mass is 10.1. The summed E-state index contributed by atoms with van der Waals surface area (Å²) < 4.78 is 16.6. The zero-order chi connectivity index (χ0) is 15.0. The number of hydrogen-bond donors (Lipinski definition) is 1. The largest absolute Gasteiger partial charge is 0.468 e. The molecule has 0 radical (unpaired) electrons. The number of ether oxygens (including phenoxy) is 2. The smallest absolute Gasteiger partial charge is 0.123 e. The van der Waals surface area contributed by atoms with Gasteiger partial charge in [0.05, 0.1) is 32.6 Å². The number of furan rings is 1. The highest BCUT2D eigenvalue weighted by Gasteiger charge is 2.12. The number of nitrogens with one attached hydrogen (secondary N) is 1. The molecule has 1 rings (SSSR count). The molecule has 4 nitrogen and oxygen atoms in total. The van der Waals surface area contributed by atoms with Crippen LogP contribution in [0.4, 0.5) is 0 Å². The molecule has 0 atom stereocenters. The molecule has 0 saturated carbocycles. The lowest BCUT2D eigenvalue weighted by molar-refractivity contribution is 0.0310. The van der Waals surface area contributed by atoms with Crippen LogP contribution in [0, 0.1) is 5.92 Å². The summed E-state index contributed by atoms with van der Waals surface area (Å²) in [7, 11) is 0. The summed E-state index contributed by atoms with van der Waals surface area (Å²) in [6.45, 7) is 14.0. The monoisotopic (exact) mass is 283 g/mol. The maximum absolute atomic E-state index is 5.62. The highest BCUT2D eigenvalue weighted by Crippen LogP contribution is 2.13.